The second kappa shape index (κ2) is 10.7. The summed E-state index contributed by atoms with van der Waals surface area (Å²) in [5.41, 5.74) is 2.07. The third-order valence-corrected chi connectivity index (χ3v) is 5.73. The van der Waals surface area contributed by atoms with E-state index in [2.05, 4.69) is 49.9 Å². The fourth-order valence-electron chi connectivity index (χ4n) is 3.75. The normalized spacial score (nSPS) is 17.8. The van der Waals surface area contributed by atoms with Gasteiger partial charge in [-0.15, -0.1) is 10.2 Å². The minimum atomic E-state index is -0.535. The first kappa shape index (κ1) is 22.4. The number of carbonyl (C=O) groups excluding carboxylic acids is 1. The highest BCUT2D eigenvalue weighted by molar-refractivity contribution is 6.30. The Morgan fingerprint density at radius 1 is 1.22 bits per heavy atom. The molecule has 1 amide bonds. The molecule has 0 aliphatic carbocycles. The number of tetrazole rings is 1. The van der Waals surface area contributed by atoms with Crippen LogP contribution in [0.25, 0.3) is 11.4 Å². The van der Waals surface area contributed by atoms with Gasteiger partial charge in [-0.05, 0) is 41.5 Å². The van der Waals surface area contributed by atoms with Crippen molar-refractivity contribution in [3.63, 3.8) is 0 Å². The van der Waals surface area contributed by atoms with Gasteiger partial charge in [0.1, 0.15) is 0 Å². The molecule has 0 bridgehead atoms. The monoisotopic (exact) mass is 454 g/mol. The van der Waals surface area contributed by atoms with E-state index >= 15 is 0 Å². The molecule has 1 fully saturated rings. The second-order valence-corrected chi connectivity index (χ2v) is 8.26. The summed E-state index contributed by atoms with van der Waals surface area (Å²) in [5, 5.41) is 16.2. The molecule has 0 saturated carbocycles. The van der Waals surface area contributed by atoms with Crippen LogP contribution in [0.3, 0.4) is 0 Å². The standard InChI is InChI=1S/C23H27ClN6O2/c1-2-21(30-27-22(26-28-30)18-8-10-19(24)11-9-18)23(31)25-14-20-16-29(12-13-32-20)15-17-6-4-3-5-7-17/h3-11,20-21H,2,12-16H2,1H3,(H,25,31). The van der Waals surface area contributed by atoms with Crippen molar-refractivity contribution >= 4 is 17.5 Å². The molecule has 1 saturated heterocycles. The topological polar surface area (TPSA) is 85.2 Å². The fourth-order valence-corrected chi connectivity index (χ4v) is 3.87. The summed E-state index contributed by atoms with van der Waals surface area (Å²) in [6.45, 7) is 5.55. The summed E-state index contributed by atoms with van der Waals surface area (Å²) in [6, 6.07) is 17.0. The first-order valence-corrected chi connectivity index (χ1v) is 11.2. The molecule has 2 unspecified atom stereocenters. The quantitative estimate of drug-likeness (QED) is 0.563. The molecule has 0 spiro atoms. The Balaban J connectivity index is 1.32. The fraction of sp³-hybridized carbons (Fsp3) is 0.391. The number of hydrogen-bond acceptors (Lipinski definition) is 6. The lowest BCUT2D eigenvalue weighted by Crippen LogP contribution is -2.48. The van der Waals surface area contributed by atoms with Crippen LogP contribution in [0.1, 0.15) is 24.9 Å². The minimum Gasteiger partial charge on any atom is -0.374 e. The van der Waals surface area contributed by atoms with E-state index in [4.69, 9.17) is 16.3 Å². The Hall–Kier alpha value is -2.81. The number of morpholine rings is 1. The molecule has 1 aliphatic rings. The van der Waals surface area contributed by atoms with Gasteiger partial charge in [0.25, 0.3) is 0 Å². The van der Waals surface area contributed by atoms with E-state index in [1.807, 2.05) is 25.1 Å². The average molecular weight is 455 g/mol. The molecule has 0 radical (unpaired) electrons. The smallest absolute Gasteiger partial charge is 0.246 e. The molecule has 32 heavy (non-hydrogen) atoms. The van der Waals surface area contributed by atoms with Gasteiger partial charge in [0, 0.05) is 36.8 Å². The van der Waals surface area contributed by atoms with Crippen LogP contribution in [-0.2, 0) is 16.1 Å². The number of carbonyl (C=O) groups is 1. The third-order valence-electron chi connectivity index (χ3n) is 5.47. The number of ether oxygens (including phenoxy) is 1. The van der Waals surface area contributed by atoms with Crippen LogP contribution in [0.5, 0.6) is 0 Å². The molecule has 1 N–H and O–H groups in total. The van der Waals surface area contributed by atoms with Crippen LogP contribution in [-0.4, -0.2) is 63.4 Å². The molecule has 3 aromatic rings. The largest absolute Gasteiger partial charge is 0.374 e. The molecule has 8 nitrogen and oxygen atoms in total. The zero-order valence-corrected chi connectivity index (χ0v) is 18.8. The first-order valence-electron chi connectivity index (χ1n) is 10.8. The van der Waals surface area contributed by atoms with E-state index in [0.29, 0.717) is 30.4 Å². The van der Waals surface area contributed by atoms with Crippen LogP contribution in [0.4, 0.5) is 0 Å². The van der Waals surface area contributed by atoms with E-state index in [9.17, 15) is 4.79 Å². The van der Waals surface area contributed by atoms with Crippen LogP contribution in [0, 0.1) is 0 Å². The highest BCUT2D eigenvalue weighted by atomic mass is 35.5. The predicted molar refractivity (Wildman–Crippen MR) is 122 cm³/mol. The van der Waals surface area contributed by atoms with Gasteiger partial charge < -0.3 is 10.1 Å². The number of benzene rings is 2. The lowest BCUT2D eigenvalue weighted by atomic mass is 10.2. The van der Waals surface area contributed by atoms with Gasteiger partial charge in [0.05, 0.1) is 12.7 Å². The van der Waals surface area contributed by atoms with Crippen molar-refractivity contribution in [1.82, 2.24) is 30.4 Å². The van der Waals surface area contributed by atoms with Gasteiger partial charge in [0.15, 0.2) is 6.04 Å². The third kappa shape index (κ3) is 5.70. The zero-order valence-electron chi connectivity index (χ0n) is 18.0. The highest BCUT2D eigenvalue weighted by Crippen LogP contribution is 2.18. The predicted octanol–water partition coefficient (Wildman–Crippen LogP) is 2.96. The van der Waals surface area contributed by atoms with Crippen LogP contribution < -0.4 is 5.32 Å². The van der Waals surface area contributed by atoms with Gasteiger partial charge in [0.2, 0.25) is 11.7 Å². The van der Waals surface area contributed by atoms with Crippen molar-refractivity contribution < 1.29 is 9.53 Å². The Morgan fingerprint density at radius 2 is 2.00 bits per heavy atom. The lowest BCUT2D eigenvalue weighted by Gasteiger charge is -2.33. The Kier molecular flexibility index (Phi) is 7.47. The summed E-state index contributed by atoms with van der Waals surface area (Å²) < 4.78 is 5.87. The van der Waals surface area contributed by atoms with Crippen molar-refractivity contribution in [2.24, 2.45) is 0 Å². The molecule has 4 rings (SSSR count). The van der Waals surface area contributed by atoms with E-state index in [-0.39, 0.29) is 12.0 Å². The number of nitrogens with one attached hydrogen (secondary N) is 1. The van der Waals surface area contributed by atoms with Crippen molar-refractivity contribution in [2.75, 3.05) is 26.2 Å². The molecule has 9 heteroatoms. The number of halogens is 1. The van der Waals surface area contributed by atoms with Gasteiger partial charge in [-0.3, -0.25) is 9.69 Å². The molecule has 2 atom stereocenters. The molecule has 1 aromatic heterocycles. The van der Waals surface area contributed by atoms with Crippen LogP contribution in [0.2, 0.25) is 5.02 Å². The first-order chi connectivity index (χ1) is 15.6. The lowest BCUT2D eigenvalue weighted by molar-refractivity contribution is -0.126. The maximum atomic E-state index is 12.9. The Labute approximate surface area is 192 Å². The highest BCUT2D eigenvalue weighted by Gasteiger charge is 2.25. The van der Waals surface area contributed by atoms with Crippen LogP contribution in [0.15, 0.2) is 54.6 Å². The van der Waals surface area contributed by atoms with E-state index < -0.39 is 6.04 Å². The van der Waals surface area contributed by atoms with E-state index in [1.165, 1.54) is 10.4 Å². The molecule has 1 aliphatic heterocycles. The summed E-state index contributed by atoms with van der Waals surface area (Å²) >= 11 is 5.94. The summed E-state index contributed by atoms with van der Waals surface area (Å²) in [6.07, 6.45) is 0.496. The Morgan fingerprint density at radius 3 is 2.75 bits per heavy atom. The maximum absolute atomic E-state index is 12.9. The summed E-state index contributed by atoms with van der Waals surface area (Å²) in [7, 11) is 0. The second-order valence-electron chi connectivity index (χ2n) is 7.82. The van der Waals surface area contributed by atoms with Crippen molar-refractivity contribution in [3.05, 3.63) is 65.2 Å². The number of aromatic nitrogens is 4. The van der Waals surface area contributed by atoms with Crippen molar-refractivity contribution in [3.8, 4) is 11.4 Å². The van der Waals surface area contributed by atoms with Gasteiger partial charge >= 0.3 is 0 Å². The Bertz CT molecular complexity index is 1010. The van der Waals surface area contributed by atoms with Crippen molar-refractivity contribution in [1.29, 1.82) is 0 Å². The summed E-state index contributed by atoms with van der Waals surface area (Å²) in [5.74, 6) is 0.316. The molecular formula is C23H27ClN6O2. The number of rotatable bonds is 8. The summed E-state index contributed by atoms with van der Waals surface area (Å²) in [4.78, 5) is 16.6. The number of hydrogen-bond donors (Lipinski definition) is 1. The SMILES string of the molecule is CCC(C(=O)NCC1CN(Cc2ccccc2)CCO1)n1nnc(-c2ccc(Cl)cc2)n1. The van der Waals surface area contributed by atoms with Gasteiger partial charge in [-0.1, -0.05) is 48.9 Å². The van der Waals surface area contributed by atoms with Crippen molar-refractivity contribution in [2.45, 2.75) is 32.0 Å². The number of nitrogens with zero attached hydrogens (tertiary/aromatic N) is 5. The number of amides is 1. The molecule has 2 aromatic carbocycles. The molecule has 2 heterocycles. The van der Waals surface area contributed by atoms with Gasteiger partial charge in [-0.25, -0.2) is 0 Å². The van der Waals surface area contributed by atoms with E-state index in [0.717, 1.165) is 25.2 Å². The minimum absolute atomic E-state index is 0.0535. The maximum Gasteiger partial charge on any atom is 0.246 e. The average Bonchev–Trinajstić information content (AvgIpc) is 3.29. The zero-order chi connectivity index (χ0) is 22.3. The molecular weight excluding hydrogens is 428 g/mol. The van der Waals surface area contributed by atoms with Crippen LogP contribution >= 0.6 is 11.6 Å². The van der Waals surface area contributed by atoms with E-state index in [1.54, 1.807) is 12.1 Å². The van der Waals surface area contributed by atoms with Gasteiger partial charge in [-0.2, -0.15) is 4.80 Å². The molecule has 168 valence electrons.